The number of H-pyrrole nitrogens is 1. The van der Waals surface area contributed by atoms with Gasteiger partial charge in [-0.05, 0) is 32.9 Å². The summed E-state index contributed by atoms with van der Waals surface area (Å²) in [5, 5.41) is 8.86. The molecular weight excluding hydrogens is 244 g/mol. The topological polar surface area (TPSA) is 79.9 Å². The van der Waals surface area contributed by atoms with Crippen LogP contribution in [0.15, 0.2) is 30.6 Å². The molecule has 0 saturated heterocycles. The number of amides is 1. The zero-order valence-electron chi connectivity index (χ0n) is 11.1. The lowest BCUT2D eigenvalue weighted by molar-refractivity contribution is 0.0998. The number of ether oxygens (including phenoxy) is 1. The molecule has 19 heavy (non-hydrogen) atoms. The number of aromatic amines is 1. The zero-order valence-corrected chi connectivity index (χ0v) is 11.1. The number of benzene rings is 1. The largest absolute Gasteiger partial charge is 0.487 e. The summed E-state index contributed by atoms with van der Waals surface area (Å²) in [5.74, 6) is 0.541. The molecule has 2 N–H and O–H groups in total. The molecule has 0 atom stereocenters. The second-order valence-electron chi connectivity index (χ2n) is 5.00. The minimum atomic E-state index is -0.372. The molecule has 0 spiro atoms. The van der Waals surface area contributed by atoms with Gasteiger partial charge in [-0.2, -0.15) is 10.1 Å². The fourth-order valence-corrected chi connectivity index (χ4v) is 1.51. The summed E-state index contributed by atoms with van der Waals surface area (Å²) >= 11 is 0. The highest BCUT2D eigenvalue weighted by molar-refractivity contribution is 6.05. The Balaban J connectivity index is 2.21. The molecule has 1 amide bonds. The van der Waals surface area contributed by atoms with Gasteiger partial charge in [-0.3, -0.25) is 10.1 Å². The van der Waals surface area contributed by atoms with Crippen molar-refractivity contribution in [2.45, 2.75) is 26.4 Å². The second-order valence-corrected chi connectivity index (χ2v) is 5.00. The van der Waals surface area contributed by atoms with Gasteiger partial charge in [0.25, 0.3) is 5.91 Å². The third-order valence-corrected chi connectivity index (χ3v) is 2.19. The van der Waals surface area contributed by atoms with E-state index < -0.39 is 0 Å². The van der Waals surface area contributed by atoms with Gasteiger partial charge < -0.3 is 4.74 Å². The second kappa shape index (κ2) is 5.09. The third kappa shape index (κ3) is 3.54. The van der Waals surface area contributed by atoms with Crippen LogP contribution in [0.4, 0.5) is 5.95 Å². The van der Waals surface area contributed by atoms with Crippen molar-refractivity contribution in [1.29, 1.82) is 0 Å². The Hall–Kier alpha value is -2.37. The third-order valence-electron chi connectivity index (χ3n) is 2.19. The van der Waals surface area contributed by atoms with Crippen molar-refractivity contribution < 1.29 is 9.53 Å². The van der Waals surface area contributed by atoms with E-state index >= 15 is 0 Å². The van der Waals surface area contributed by atoms with Gasteiger partial charge in [-0.25, -0.2) is 5.10 Å². The van der Waals surface area contributed by atoms with Crippen LogP contribution < -0.4 is 10.1 Å². The fraction of sp³-hybridized carbons (Fsp3) is 0.308. The first-order chi connectivity index (χ1) is 8.96. The predicted octanol–water partition coefficient (Wildman–Crippen LogP) is 2.23. The van der Waals surface area contributed by atoms with Crippen molar-refractivity contribution in [1.82, 2.24) is 15.2 Å². The number of hydrogen-bond donors (Lipinski definition) is 2. The molecule has 2 aromatic rings. The Labute approximate surface area is 111 Å². The summed E-state index contributed by atoms with van der Waals surface area (Å²) in [4.78, 5) is 16.0. The van der Waals surface area contributed by atoms with Gasteiger partial charge in [0.15, 0.2) is 0 Å². The van der Waals surface area contributed by atoms with Gasteiger partial charge in [-0.15, -0.1) is 0 Å². The van der Waals surface area contributed by atoms with Gasteiger partial charge in [0, 0.05) is 0 Å². The van der Waals surface area contributed by atoms with Crippen LogP contribution >= 0.6 is 0 Å². The summed E-state index contributed by atoms with van der Waals surface area (Å²) < 4.78 is 5.77. The van der Waals surface area contributed by atoms with Crippen molar-refractivity contribution in [2.24, 2.45) is 0 Å². The summed E-state index contributed by atoms with van der Waals surface area (Å²) in [5.41, 5.74) is 0.0802. The first kappa shape index (κ1) is 13.1. The zero-order chi connectivity index (χ0) is 13.9. The molecule has 2 rings (SSSR count). The molecule has 0 aliphatic heterocycles. The molecule has 0 unspecified atom stereocenters. The van der Waals surface area contributed by atoms with E-state index in [1.807, 2.05) is 26.8 Å². The quantitative estimate of drug-likeness (QED) is 0.886. The van der Waals surface area contributed by atoms with Crippen molar-refractivity contribution in [3.8, 4) is 5.75 Å². The summed E-state index contributed by atoms with van der Waals surface area (Å²) in [7, 11) is 0. The van der Waals surface area contributed by atoms with E-state index in [0.717, 1.165) is 0 Å². The molecule has 0 aliphatic rings. The van der Waals surface area contributed by atoms with Gasteiger partial charge >= 0.3 is 0 Å². The lowest BCUT2D eigenvalue weighted by Crippen LogP contribution is -2.25. The predicted molar refractivity (Wildman–Crippen MR) is 71.2 cm³/mol. The summed E-state index contributed by atoms with van der Waals surface area (Å²) in [6.45, 7) is 5.79. The molecule has 1 aromatic heterocycles. The number of hydrogen-bond acceptors (Lipinski definition) is 4. The Morgan fingerprint density at radius 2 is 2.05 bits per heavy atom. The SMILES string of the molecule is CC(C)(C)Oc1ccccc1C(=O)Nc1ncn[nH]1. The highest BCUT2D eigenvalue weighted by Crippen LogP contribution is 2.23. The van der Waals surface area contributed by atoms with Crippen molar-refractivity contribution >= 4 is 11.9 Å². The minimum absolute atomic E-state index is 0.295. The maximum Gasteiger partial charge on any atom is 0.261 e. The normalized spacial score (nSPS) is 11.1. The number of carbonyl (C=O) groups excluding carboxylic acids is 1. The number of rotatable bonds is 3. The molecule has 6 nitrogen and oxygen atoms in total. The molecule has 0 radical (unpaired) electrons. The van der Waals surface area contributed by atoms with Crippen molar-refractivity contribution in [3.63, 3.8) is 0 Å². The first-order valence-electron chi connectivity index (χ1n) is 5.90. The maximum absolute atomic E-state index is 12.1. The van der Waals surface area contributed by atoms with Crippen LogP contribution in [0, 0.1) is 0 Å². The smallest absolute Gasteiger partial charge is 0.261 e. The van der Waals surface area contributed by atoms with Crippen molar-refractivity contribution in [2.75, 3.05) is 5.32 Å². The number of nitrogens with one attached hydrogen (secondary N) is 2. The van der Waals surface area contributed by atoms with Crippen molar-refractivity contribution in [3.05, 3.63) is 36.2 Å². The highest BCUT2D eigenvalue weighted by Gasteiger charge is 2.18. The number of carbonyl (C=O) groups is 1. The number of anilines is 1. The Morgan fingerprint density at radius 1 is 1.32 bits per heavy atom. The number of nitrogens with zero attached hydrogens (tertiary/aromatic N) is 2. The van der Waals surface area contributed by atoms with Crippen LogP contribution in [0.5, 0.6) is 5.75 Å². The summed E-state index contributed by atoms with van der Waals surface area (Å²) in [6.07, 6.45) is 1.33. The molecule has 1 heterocycles. The van der Waals surface area contributed by atoms with Gasteiger partial charge in [0.1, 0.15) is 17.7 Å². The van der Waals surface area contributed by atoms with E-state index in [1.54, 1.807) is 18.2 Å². The minimum Gasteiger partial charge on any atom is -0.487 e. The van der Waals surface area contributed by atoms with E-state index in [2.05, 4.69) is 20.5 Å². The molecule has 0 bridgehead atoms. The molecule has 1 aromatic carbocycles. The van der Waals surface area contributed by atoms with Crippen LogP contribution in [0.25, 0.3) is 0 Å². The fourth-order valence-electron chi connectivity index (χ4n) is 1.51. The molecule has 6 heteroatoms. The van der Waals surface area contributed by atoms with E-state index in [0.29, 0.717) is 17.3 Å². The Bertz CT molecular complexity index is 558. The molecule has 100 valence electrons. The average Bonchev–Trinajstić information content (AvgIpc) is 2.80. The van der Waals surface area contributed by atoms with Gasteiger partial charge in [0.2, 0.25) is 5.95 Å². The van der Waals surface area contributed by atoms with Gasteiger partial charge in [-0.1, -0.05) is 12.1 Å². The van der Waals surface area contributed by atoms with E-state index in [9.17, 15) is 4.79 Å². The Kier molecular flexibility index (Phi) is 3.50. The Morgan fingerprint density at radius 3 is 2.68 bits per heavy atom. The lowest BCUT2D eigenvalue weighted by Gasteiger charge is -2.22. The molecule has 0 fully saturated rings. The van der Waals surface area contributed by atoms with Crippen LogP contribution in [0.3, 0.4) is 0 Å². The van der Waals surface area contributed by atoms with E-state index in [-0.39, 0.29) is 11.5 Å². The van der Waals surface area contributed by atoms with Crippen LogP contribution in [0.2, 0.25) is 0 Å². The standard InChI is InChI=1S/C13H16N4O2/c1-13(2,3)19-10-7-5-4-6-9(10)11(18)16-12-14-8-15-17-12/h4-8H,1-3H3,(H2,14,15,16,17,18). The lowest BCUT2D eigenvalue weighted by atomic mass is 10.1. The number of para-hydroxylation sites is 1. The number of aromatic nitrogens is 3. The van der Waals surface area contributed by atoms with E-state index in [4.69, 9.17) is 4.74 Å². The van der Waals surface area contributed by atoms with Crippen LogP contribution in [-0.2, 0) is 0 Å². The highest BCUT2D eigenvalue weighted by atomic mass is 16.5. The summed E-state index contributed by atoms with van der Waals surface area (Å²) in [6, 6.07) is 7.07. The maximum atomic E-state index is 12.1. The molecular formula is C13H16N4O2. The van der Waals surface area contributed by atoms with Gasteiger partial charge in [0.05, 0.1) is 5.56 Å². The van der Waals surface area contributed by atoms with E-state index in [1.165, 1.54) is 6.33 Å². The molecule has 0 aliphatic carbocycles. The van der Waals surface area contributed by atoms with Crippen LogP contribution in [-0.4, -0.2) is 26.7 Å². The first-order valence-corrected chi connectivity index (χ1v) is 5.90. The monoisotopic (exact) mass is 260 g/mol. The van der Waals surface area contributed by atoms with Crippen LogP contribution in [0.1, 0.15) is 31.1 Å². The average molecular weight is 260 g/mol. The molecule has 0 saturated carbocycles.